The molecule has 4 nitrogen and oxygen atoms in total. The van der Waals surface area contributed by atoms with Crippen molar-refractivity contribution in [3.8, 4) is 0 Å². The molecule has 0 aliphatic heterocycles. The van der Waals surface area contributed by atoms with E-state index < -0.39 is 0 Å². The second-order valence-electron chi connectivity index (χ2n) is 2.50. The zero-order valence-corrected chi connectivity index (χ0v) is 7.87. The normalized spacial score (nSPS) is 9.00. The average Bonchev–Trinajstić information content (AvgIpc) is 1.79. The lowest BCUT2D eigenvalue weighted by Crippen LogP contribution is -2.32. The Morgan fingerprint density at radius 3 is 2.45 bits per heavy atom. The minimum atomic E-state index is 0. The van der Waals surface area contributed by atoms with Crippen molar-refractivity contribution >= 4 is 18.4 Å². The summed E-state index contributed by atoms with van der Waals surface area (Å²) in [6.45, 7) is 1.81. The number of nitrogens with one attached hydrogen (secondary N) is 2. The maximum atomic E-state index is 6.83. The van der Waals surface area contributed by atoms with Crippen LogP contribution in [0.25, 0.3) is 0 Å². The van der Waals surface area contributed by atoms with Gasteiger partial charge in [-0.25, -0.2) is 0 Å². The molecule has 11 heavy (non-hydrogen) atoms. The second kappa shape index (κ2) is 7.63. The van der Waals surface area contributed by atoms with Crippen LogP contribution in [0.4, 0.5) is 0 Å². The summed E-state index contributed by atoms with van der Waals surface area (Å²) in [7, 11) is 4.04. The molecule has 0 aliphatic rings. The maximum absolute atomic E-state index is 6.83. The van der Waals surface area contributed by atoms with E-state index in [0.29, 0.717) is 0 Å². The van der Waals surface area contributed by atoms with Crippen LogP contribution in [0, 0.1) is 5.41 Å². The molecule has 0 amide bonds. The SMILES string of the molecule is CN(C)CCCNC(=N)N.Cl. The molecule has 0 fully saturated rings. The summed E-state index contributed by atoms with van der Waals surface area (Å²) in [4.78, 5) is 2.10. The predicted octanol–water partition coefficient (Wildman–Crippen LogP) is -0.157. The number of hydrogen-bond donors (Lipinski definition) is 3. The third kappa shape index (κ3) is 12.7. The van der Waals surface area contributed by atoms with E-state index in [0.717, 1.165) is 19.5 Å². The van der Waals surface area contributed by atoms with Gasteiger partial charge in [-0.1, -0.05) is 0 Å². The van der Waals surface area contributed by atoms with E-state index in [1.807, 2.05) is 14.1 Å². The third-order valence-electron chi connectivity index (χ3n) is 1.10. The zero-order chi connectivity index (χ0) is 7.98. The Morgan fingerprint density at radius 1 is 1.55 bits per heavy atom. The minimum absolute atomic E-state index is 0. The van der Waals surface area contributed by atoms with E-state index in [-0.39, 0.29) is 18.4 Å². The smallest absolute Gasteiger partial charge is 0.185 e. The van der Waals surface area contributed by atoms with Crippen molar-refractivity contribution in [3.05, 3.63) is 0 Å². The van der Waals surface area contributed by atoms with Crippen LogP contribution < -0.4 is 11.1 Å². The first-order valence-corrected chi connectivity index (χ1v) is 3.35. The van der Waals surface area contributed by atoms with Crippen LogP contribution in [-0.2, 0) is 0 Å². The van der Waals surface area contributed by atoms with Gasteiger partial charge >= 0.3 is 0 Å². The van der Waals surface area contributed by atoms with Gasteiger partial charge in [0.1, 0.15) is 0 Å². The number of guanidine groups is 1. The summed E-state index contributed by atoms with van der Waals surface area (Å²) in [6, 6.07) is 0. The van der Waals surface area contributed by atoms with Crippen LogP contribution in [0.5, 0.6) is 0 Å². The molecule has 5 heteroatoms. The van der Waals surface area contributed by atoms with Crippen molar-refractivity contribution in [3.63, 3.8) is 0 Å². The Bertz CT molecular complexity index is 105. The number of hydrogen-bond acceptors (Lipinski definition) is 2. The molecule has 0 aliphatic carbocycles. The van der Waals surface area contributed by atoms with Crippen molar-refractivity contribution in [2.24, 2.45) is 5.73 Å². The summed E-state index contributed by atoms with van der Waals surface area (Å²) in [6.07, 6.45) is 1.02. The fraction of sp³-hybridized carbons (Fsp3) is 0.833. The van der Waals surface area contributed by atoms with Gasteiger partial charge < -0.3 is 16.0 Å². The van der Waals surface area contributed by atoms with Crippen LogP contribution in [-0.4, -0.2) is 38.0 Å². The monoisotopic (exact) mass is 180 g/mol. The quantitative estimate of drug-likeness (QED) is 0.320. The summed E-state index contributed by atoms with van der Waals surface area (Å²) in [5.41, 5.74) is 5.07. The highest BCUT2D eigenvalue weighted by molar-refractivity contribution is 5.85. The number of rotatable bonds is 4. The Kier molecular flexibility index (Phi) is 9.10. The lowest BCUT2D eigenvalue weighted by Gasteiger charge is -2.08. The largest absolute Gasteiger partial charge is 0.370 e. The second-order valence-corrected chi connectivity index (χ2v) is 2.50. The van der Waals surface area contributed by atoms with Gasteiger partial charge in [-0.05, 0) is 27.1 Å². The third-order valence-corrected chi connectivity index (χ3v) is 1.10. The van der Waals surface area contributed by atoms with Gasteiger partial charge in [0, 0.05) is 6.54 Å². The molecule has 0 heterocycles. The molecule has 0 aromatic heterocycles. The van der Waals surface area contributed by atoms with E-state index in [1.165, 1.54) is 0 Å². The molecule has 0 unspecified atom stereocenters. The van der Waals surface area contributed by atoms with Crippen LogP contribution in [0.2, 0.25) is 0 Å². The minimum Gasteiger partial charge on any atom is -0.370 e. The molecule has 0 rings (SSSR count). The molecule has 0 bridgehead atoms. The van der Waals surface area contributed by atoms with E-state index in [1.54, 1.807) is 0 Å². The molecule has 0 radical (unpaired) electrons. The summed E-state index contributed by atoms with van der Waals surface area (Å²) in [5.74, 6) is 0.0544. The summed E-state index contributed by atoms with van der Waals surface area (Å²) >= 11 is 0. The molecule has 0 saturated carbocycles. The first-order chi connectivity index (χ1) is 4.63. The Hall–Kier alpha value is -0.480. The van der Waals surface area contributed by atoms with Gasteiger partial charge in [0.2, 0.25) is 0 Å². The maximum Gasteiger partial charge on any atom is 0.185 e. The molecule has 0 aromatic rings. The predicted molar refractivity (Wildman–Crippen MR) is 50.3 cm³/mol. The zero-order valence-electron chi connectivity index (χ0n) is 7.05. The van der Waals surface area contributed by atoms with Gasteiger partial charge in [0.25, 0.3) is 0 Å². The molecule has 68 valence electrons. The van der Waals surface area contributed by atoms with E-state index in [4.69, 9.17) is 11.1 Å². The van der Waals surface area contributed by atoms with Gasteiger partial charge in [-0.2, -0.15) is 0 Å². The van der Waals surface area contributed by atoms with Crippen LogP contribution in [0.15, 0.2) is 0 Å². The first-order valence-electron chi connectivity index (χ1n) is 3.35. The lowest BCUT2D eigenvalue weighted by atomic mass is 10.4. The van der Waals surface area contributed by atoms with Crippen molar-refractivity contribution in [1.82, 2.24) is 10.2 Å². The Labute approximate surface area is 74.1 Å². The Balaban J connectivity index is 0. The van der Waals surface area contributed by atoms with E-state index >= 15 is 0 Å². The standard InChI is InChI=1S/C6H16N4.ClH/c1-10(2)5-3-4-9-6(7)8;/h3-5H2,1-2H3,(H4,7,8,9);1H. The van der Waals surface area contributed by atoms with Crippen LogP contribution >= 0.6 is 12.4 Å². The summed E-state index contributed by atoms with van der Waals surface area (Å²) in [5, 5.41) is 9.57. The topological polar surface area (TPSA) is 65.1 Å². The highest BCUT2D eigenvalue weighted by atomic mass is 35.5. The molecule has 4 N–H and O–H groups in total. The van der Waals surface area contributed by atoms with Crippen LogP contribution in [0.1, 0.15) is 6.42 Å². The number of nitrogens with two attached hydrogens (primary N) is 1. The van der Waals surface area contributed by atoms with Gasteiger partial charge in [0.15, 0.2) is 5.96 Å². The fourth-order valence-corrected chi connectivity index (χ4v) is 0.618. The molecule has 0 atom stereocenters. The van der Waals surface area contributed by atoms with Crippen molar-refractivity contribution in [2.45, 2.75) is 6.42 Å². The Morgan fingerprint density at radius 2 is 2.09 bits per heavy atom. The van der Waals surface area contributed by atoms with Crippen molar-refractivity contribution in [1.29, 1.82) is 5.41 Å². The van der Waals surface area contributed by atoms with E-state index in [9.17, 15) is 0 Å². The van der Waals surface area contributed by atoms with Crippen molar-refractivity contribution in [2.75, 3.05) is 27.2 Å². The van der Waals surface area contributed by atoms with Gasteiger partial charge in [0.05, 0.1) is 0 Å². The molecule has 0 saturated heterocycles. The van der Waals surface area contributed by atoms with E-state index in [2.05, 4.69) is 10.2 Å². The van der Waals surface area contributed by atoms with Gasteiger partial charge in [-0.3, -0.25) is 5.41 Å². The molecule has 0 spiro atoms. The molecule has 0 aromatic carbocycles. The number of nitrogens with zero attached hydrogens (tertiary/aromatic N) is 1. The highest BCUT2D eigenvalue weighted by Crippen LogP contribution is 1.79. The number of halogens is 1. The molecular weight excluding hydrogens is 164 g/mol. The lowest BCUT2D eigenvalue weighted by molar-refractivity contribution is 0.400. The first kappa shape index (κ1) is 13.1. The van der Waals surface area contributed by atoms with Crippen molar-refractivity contribution < 1.29 is 0 Å². The molecular formula is C6H17ClN4. The van der Waals surface area contributed by atoms with Gasteiger partial charge in [-0.15, -0.1) is 12.4 Å². The average molecular weight is 181 g/mol. The highest BCUT2D eigenvalue weighted by Gasteiger charge is 1.89. The fourth-order valence-electron chi connectivity index (χ4n) is 0.618. The van der Waals surface area contributed by atoms with Crippen LogP contribution in [0.3, 0.4) is 0 Å². The summed E-state index contributed by atoms with van der Waals surface area (Å²) < 4.78 is 0.